The van der Waals surface area contributed by atoms with Gasteiger partial charge in [0, 0.05) is 0 Å². The van der Waals surface area contributed by atoms with Gasteiger partial charge in [-0.3, -0.25) is 4.79 Å². The lowest BCUT2D eigenvalue weighted by Gasteiger charge is -2.15. The number of benzene rings is 2. The van der Waals surface area contributed by atoms with Gasteiger partial charge in [-0.1, -0.05) is 36.4 Å². The lowest BCUT2D eigenvalue weighted by Crippen LogP contribution is -2.33. The largest absolute Gasteiger partial charge is 0.507 e. The summed E-state index contributed by atoms with van der Waals surface area (Å²) in [6, 6.07) is 10.7. The molecule has 6 heteroatoms. The van der Waals surface area contributed by atoms with Crippen molar-refractivity contribution in [3.8, 4) is 11.5 Å². The van der Waals surface area contributed by atoms with Gasteiger partial charge in [-0.05, 0) is 17.7 Å². The van der Waals surface area contributed by atoms with Crippen LogP contribution < -0.4 is 5.32 Å². The highest BCUT2D eigenvalue weighted by molar-refractivity contribution is 6.01. The Morgan fingerprint density at radius 2 is 1.48 bits per heavy atom. The van der Waals surface area contributed by atoms with Gasteiger partial charge in [-0.15, -0.1) is 0 Å². The number of carboxylic acid groups (broad SMARTS) is 1. The van der Waals surface area contributed by atoms with Crippen molar-refractivity contribution in [2.24, 2.45) is 0 Å². The predicted octanol–water partition coefficient (Wildman–Crippen LogP) is 1.65. The zero-order valence-electron chi connectivity index (χ0n) is 10.9. The number of carboxylic acids is 1. The van der Waals surface area contributed by atoms with Crippen LogP contribution in [0.25, 0.3) is 0 Å². The lowest BCUT2D eigenvalue weighted by molar-refractivity contribution is -0.139. The van der Waals surface area contributed by atoms with Crippen LogP contribution in [0, 0.1) is 0 Å². The smallest absolute Gasteiger partial charge is 0.330 e. The number of phenolic OH excluding ortho intramolecular Hbond substituents is 2. The van der Waals surface area contributed by atoms with Gasteiger partial charge >= 0.3 is 5.97 Å². The van der Waals surface area contributed by atoms with Crippen LogP contribution in [0.4, 0.5) is 0 Å². The minimum Gasteiger partial charge on any atom is -0.507 e. The van der Waals surface area contributed by atoms with Gasteiger partial charge in [0.15, 0.2) is 6.04 Å². The molecule has 2 aromatic carbocycles. The van der Waals surface area contributed by atoms with Crippen LogP contribution in [0.3, 0.4) is 0 Å². The molecule has 0 bridgehead atoms. The molecule has 1 amide bonds. The first-order valence-electron chi connectivity index (χ1n) is 6.10. The van der Waals surface area contributed by atoms with Crippen molar-refractivity contribution >= 4 is 11.9 Å². The summed E-state index contributed by atoms with van der Waals surface area (Å²) in [6.45, 7) is 0. The number of phenols is 2. The van der Waals surface area contributed by atoms with Gasteiger partial charge in [0.25, 0.3) is 5.91 Å². The molecule has 108 valence electrons. The second kappa shape index (κ2) is 5.96. The number of aromatic hydroxyl groups is 2. The van der Waals surface area contributed by atoms with Gasteiger partial charge in [-0.25, -0.2) is 4.79 Å². The topological polar surface area (TPSA) is 107 Å². The highest BCUT2D eigenvalue weighted by Crippen LogP contribution is 2.27. The summed E-state index contributed by atoms with van der Waals surface area (Å²) in [6.07, 6.45) is 0. The molecule has 0 aromatic heterocycles. The van der Waals surface area contributed by atoms with Crippen LogP contribution >= 0.6 is 0 Å². The fourth-order valence-corrected chi connectivity index (χ4v) is 1.90. The maximum atomic E-state index is 12.1. The van der Waals surface area contributed by atoms with Crippen molar-refractivity contribution in [2.75, 3.05) is 0 Å². The normalized spacial score (nSPS) is 11.6. The molecule has 0 fully saturated rings. The van der Waals surface area contributed by atoms with Crippen molar-refractivity contribution in [1.82, 2.24) is 5.32 Å². The van der Waals surface area contributed by atoms with Crippen molar-refractivity contribution in [3.05, 3.63) is 59.7 Å². The molecule has 0 spiro atoms. The molecule has 1 atom stereocenters. The second-order valence-electron chi connectivity index (χ2n) is 4.33. The summed E-state index contributed by atoms with van der Waals surface area (Å²) in [7, 11) is 0. The Bertz CT molecular complexity index is 649. The molecule has 0 saturated heterocycles. The molecule has 2 aromatic rings. The highest BCUT2D eigenvalue weighted by Gasteiger charge is 2.25. The molecule has 0 aliphatic rings. The molecule has 0 aliphatic carbocycles. The molecule has 6 nitrogen and oxygen atoms in total. The third kappa shape index (κ3) is 3.11. The third-order valence-corrected chi connectivity index (χ3v) is 2.90. The Labute approximate surface area is 120 Å². The highest BCUT2D eigenvalue weighted by atomic mass is 16.4. The molecule has 0 saturated carbocycles. The average molecular weight is 287 g/mol. The standard InChI is InChI=1S/C15H13NO5/c17-10-7-4-8-11(18)12(10)14(19)16-13(15(20)21)9-5-2-1-3-6-9/h1-8,13,17-18H,(H,16,19)(H,20,21). The summed E-state index contributed by atoms with van der Waals surface area (Å²) >= 11 is 0. The van der Waals surface area contributed by atoms with E-state index in [4.69, 9.17) is 0 Å². The SMILES string of the molecule is O=C(NC(C(=O)O)c1ccccc1)c1c(O)cccc1O. The zero-order chi connectivity index (χ0) is 15.4. The van der Waals surface area contributed by atoms with E-state index in [1.807, 2.05) is 0 Å². The maximum Gasteiger partial charge on any atom is 0.330 e. The van der Waals surface area contributed by atoms with Gasteiger partial charge in [0.1, 0.15) is 17.1 Å². The Balaban J connectivity index is 2.30. The van der Waals surface area contributed by atoms with Crippen LogP contribution in [0.15, 0.2) is 48.5 Å². The van der Waals surface area contributed by atoms with E-state index in [1.54, 1.807) is 30.3 Å². The lowest BCUT2D eigenvalue weighted by atomic mass is 10.1. The molecule has 1 unspecified atom stereocenters. The Kier molecular flexibility index (Phi) is 4.08. The van der Waals surface area contributed by atoms with Gasteiger partial charge in [0.2, 0.25) is 0 Å². The molecule has 0 aliphatic heterocycles. The van der Waals surface area contributed by atoms with Crippen molar-refractivity contribution in [1.29, 1.82) is 0 Å². The molecule has 2 rings (SSSR count). The predicted molar refractivity (Wildman–Crippen MR) is 74.1 cm³/mol. The Morgan fingerprint density at radius 3 is 2.00 bits per heavy atom. The van der Waals surface area contributed by atoms with E-state index in [-0.39, 0.29) is 5.56 Å². The number of amides is 1. The van der Waals surface area contributed by atoms with E-state index in [2.05, 4.69) is 5.32 Å². The van der Waals surface area contributed by atoms with Gasteiger partial charge in [-0.2, -0.15) is 0 Å². The Hall–Kier alpha value is -3.02. The van der Waals surface area contributed by atoms with E-state index in [0.29, 0.717) is 5.56 Å². The first kappa shape index (κ1) is 14.4. The number of aliphatic carboxylic acids is 1. The quantitative estimate of drug-likeness (QED) is 0.684. The van der Waals surface area contributed by atoms with E-state index in [1.165, 1.54) is 18.2 Å². The summed E-state index contributed by atoms with van der Waals surface area (Å²) in [4.78, 5) is 23.4. The monoisotopic (exact) mass is 287 g/mol. The molecular formula is C15H13NO5. The number of rotatable bonds is 4. The molecule has 21 heavy (non-hydrogen) atoms. The third-order valence-electron chi connectivity index (χ3n) is 2.90. The second-order valence-corrected chi connectivity index (χ2v) is 4.33. The minimum absolute atomic E-state index is 0.361. The van der Waals surface area contributed by atoms with Crippen LogP contribution in [0.2, 0.25) is 0 Å². The summed E-state index contributed by atoms with van der Waals surface area (Å²) in [5, 5.41) is 30.7. The Morgan fingerprint density at radius 1 is 0.905 bits per heavy atom. The molecular weight excluding hydrogens is 274 g/mol. The molecule has 0 heterocycles. The number of hydrogen-bond donors (Lipinski definition) is 4. The average Bonchev–Trinajstić information content (AvgIpc) is 2.45. The minimum atomic E-state index is -1.28. The summed E-state index contributed by atoms with van der Waals surface area (Å²) in [5.74, 6) is -2.97. The van der Waals surface area contributed by atoms with Crippen molar-refractivity contribution in [3.63, 3.8) is 0 Å². The number of carbonyl (C=O) groups is 2. The summed E-state index contributed by atoms with van der Waals surface area (Å²) in [5.41, 5.74) is 0.0212. The van der Waals surface area contributed by atoms with E-state index in [9.17, 15) is 24.9 Å². The first-order valence-corrected chi connectivity index (χ1v) is 6.10. The van der Waals surface area contributed by atoms with Crippen LogP contribution in [0.5, 0.6) is 11.5 Å². The summed E-state index contributed by atoms with van der Waals surface area (Å²) < 4.78 is 0. The van der Waals surface area contributed by atoms with Gasteiger partial charge in [0.05, 0.1) is 0 Å². The van der Waals surface area contributed by atoms with Crippen LogP contribution in [-0.4, -0.2) is 27.2 Å². The van der Waals surface area contributed by atoms with Crippen molar-refractivity contribution < 1.29 is 24.9 Å². The number of hydrogen-bond acceptors (Lipinski definition) is 4. The number of carbonyl (C=O) groups excluding carboxylic acids is 1. The maximum absolute atomic E-state index is 12.1. The van der Waals surface area contributed by atoms with Crippen LogP contribution in [-0.2, 0) is 4.79 Å². The fourth-order valence-electron chi connectivity index (χ4n) is 1.90. The first-order chi connectivity index (χ1) is 10.0. The number of nitrogens with one attached hydrogen (secondary N) is 1. The van der Waals surface area contributed by atoms with E-state index >= 15 is 0 Å². The van der Waals surface area contributed by atoms with E-state index in [0.717, 1.165) is 0 Å². The molecule has 0 radical (unpaired) electrons. The van der Waals surface area contributed by atoms with E-state index < -0.39 is 29.4 Å². The van der Waals surface area contributed by atoms with Gasteiger partial charge < -0.3 is 20.6 Å². The van der Waals surface area contributed by atoms with Crippen LogP contribution in [0.1, 0.15) is 22.0 Å². The fraction of sp³-hybridized carbons (Fsp3) is 0.0667. The molecule has 4 N–H and O–H groups in total. The van der Waals surface area contributed by atoms with Crippen molar-refractivity contribution in [2.45, 2.75) is 6.04 Å². The zero-order valence-corrected chi connectivity index (χ0v) is 10.9.